The van der Waals surface area contributed by atoms with E-state index < -0.39 is 0 Å². The van der Waals surface area contributed by atoms with Crippen LogP contribution in [0, 0.1) is 0 Å². The molecule has 68 valence electrons. The number of azide groups is 1. The molecule has 0 unspecified atom stereocenters. The van der Waals surface area contributed by atoms with Gasteiger partial charge in [0.2, 0.25) is 0 Å². The van der Waals surface area contributed by atoms with Crippen molar-refractivity contribution in [3.8, 4) is 0 Å². The van der Waals surface area contributed by atoms with Gasteiger partial charge in [0.25, 0.3) is 0 Å². The van der Waals surface area contributed by atoms with Gasteiger partial charge in [-0.25, -0.2) is 0 Å². The lowest BCUT2D eigenvalue weighted by Gasteiger charge is -2.19. The molecule has 0 aromatic carbocycles. The van der Waals surface area contributed by atoms with Crippen molar-refractivity contribution in [2.24, 2.45) is 5.11 Å². The van der Waals surface area contributed by atoms with E-state index in [1.165, 1.54) is 19.3 Å². The van der Waals surface area contributed by atoms with Crippen LogP contribution in [0.5, 0.6) is 0 Å². The maximum absolute atomic E-state index is 8.10. The maximum Gasteiger partial charge on any atom is 0.0385 e. The SMILES string of the molecule is CCCN(CCN=[N+]=[N-])C1CC1. The summed E-state index contributed by atoms with van der Waals surface area (Å²) in [6.07, 6.45) is 3.85. The summed E-state index contributed by atoms with van der Waals surface area (Å²) in [5.74, 6) is 0. The van der Waals surface area contributed by atoms with Crippen molar-refractivity contribution in [2.75, 3.05) is 19.6 Å². The summed E-state index contributed by atoms with van der Waals surface area (Å²) in [4.78, 5) is 5.17. The van der Waals surface area contributed by atoms with Gasteiger partial charge in [0, 0.05) is 24.0 Å². The predicted molar refractivity (Wildman–Crippen MR) is 48.9 cm³/mol. The van der Waals surface area contributed by atoms with E-state index in [4.69, 9.17) is 5.53 Å². The van der Waals surface area contributed by atoms with Crippen molar-refractivity contribution in [3.05, 3.63) is 10.4 Å². The van der Waals surface area contributed by atoms with Gasteiger partial charge >= 0.3 is 0 Å². The van der Waals surface area contributed by atoms with Crippen LogP contribution in [0.3, 0.4) is 0 Å². The molecule has 0 aliphatic heterocycles. The number of rotatable bonds is 6. The number of nitrogens with zero attached hydrogens (tertiary/aromatic N) is 4. The van der Waals surface area contributed by atoms with Crippen LogP contribution in [0.2, 0.25) is 0 Å². The summed E-state index contributed by atoms with van der Waals surface area (Å²) in [5.41, 5.74) is 8.10. The van der Waals surface area contributed by atoms with Crippen molar-refractivity contribution in [1.29, 1.82) is 0 Å². The van der Waals surface area contributed by atoms with E-state index in [9.17, 15) is 0 Å². The first-order chi connectivity index (χ1) is 5.88. The topological polar surface area (TPSA) is 52.0 Å². The molecule has 0 aromatic rings. The molecule has 1 saturated carbocycles. The molecule has 4 nitrogen and oxygen atoms in total. The smallest absolute Gasteiger partial charge is 0.0385 e. The standard InChI is InChI=1S/C8H16N4/c1-2-6-12(8-3-4-8)7-5-10-11-9/h8H,2-7H2,1H3. The van der Waals surface area contributed by atoms with Crippen LogP contribution < -0.4 is 0 Å². The molecule has 0 radical (unpaired) electrons. The lowest BCUT2D eigenvalue weighted by molar-refractivity contribution is 0.271. The first-order valence-corrected chi connectivity index (χ1v) is 4.63. The quantitative estimate of drug-likeness (QED) is 0.340. The molecule has 0 bridgehead atoms. The minimum atomic E-state index is 0.618. The fraction of sp³-hybridized carbons (Fsp3) is 1.00. The zero-order chi connectivity index (χ0) is 8.81. The van der Waals surface area contributed by atoms with E-state index in [2.05, 4.69) is 21.8 Å². The monoisotopic (exact) mass is 168 g/mol. The average molecular weight is 168 g/mol. The van der Waals surface area contributed by atoms with Gasteiger partial charge in [-0.05, 0) is 31.3 Å². The zero-order valence-corrected chi connectivity index (χ0v) is 7.61. The van der Waals surface area contributed by atoms with Crippen molar-refractivity contribution in [2.45, 2.75) is 32.2 Å². The normalized spacial score (nSPS) is 16.2. The van der Waals surface area contributed by atoms with E-state index in [0.717, 1.165) is 19.1 Å². The molecule has 0 spiro atoms. The molecule has 1 rings (SSSR count). The third-order valence-corrected chi connectivity index (χ3v) is 2.12. The van der Waals surface area contributed by atoms with Crippen LogP contribution in [-0.4, -0.2) is 30.6 Å². The molecule has 1 fully saturated rings. The highest BCUT2D eigenvalue weighted by atomic mass is 15.2. The minimum Gasteiger partial charge on any atom is -0.300 e. The summed E-state index contributed by atoms with van der Waals surface area (Å²) < 4.78 is 0. The Balaban J connectivity index is 2.17. The number of hydrogen-bond acceptors (Lipinski definition) is 2. The van der Waals surface area contributed by atoms with E-state index in [0.29, 0.717) is 6.54 Å². The highest BCUT2D eigenvalue weighted by molar-refractivity contribution is 4.84. The second kappa shape index (κ2) is 5.01. The summed E-state index contributed by atoms with van der Waals surface area (Å²) in [6, 6.07) is 0.791. The first kappa shape index (κ1) is 9.36. The second-order valence-electron chi connectivity index (χ2n) is 3.22. The van der Waals surface area contributed by atoms with E-state index >= 15 is 0 Å². The maximum atomic E-state index is 8.10. The Labute approximate surface area is 73.2 Å². The Hall–Kier alpha value is -0.730. The van der Waals surface area contributed by atoms with Crippen LogP contribution in [0.1, 0.15) is 26.2 Å². The highest BCUT2D eigenvalue weighted by Crippen LogP contribution is 2.26. The van der Waals surface area contributed by atoms with Gasteiger partial charge in [-0.3, -0.25) is 0 Å². The van der Waals surface area contributed by atoms with Gasteiger partial charge in [0.1, 0.15) is 0 Å². The van der Waals surface area contributed by atoms with Crippen molar-refractivity contribution < 1.29 is 0 Å². The molecule has 12 heavy (non-hydrogen) atoms. The van der Waals surface area contributed by atoms with Gasteiger partial charge in [0.05, 0.1) is 0 Å². The molecule has 0 amide bonds. The first-order valence-electron chi connectivity index (χ1n) is 4.63. The van der Waals surface area contributed by atoms with Crippen molar-refractivity contribution in [3.63, 3.8) is 0 Å². The second-order valence-corrected chi connectivity index (χ2v) is 3.22. The Morgan fingerprint density at radius 1 is 1.50 bits per heavy atom. The Bertz CT molecular complexity index is 170. The molecule has 0 atom stereocenters. The molecule has 1 aliphatic rings. The molecular weight excluding hydrogens is 152 g/mol. The van der Waals surface area contributed by atoms with Crippen LogP contribution >= 0.6 is 0 Å². The third-order valence-electron chi connectivity index (χ3n) is 2.12. The zero-order valence-electron chi connectivity index (χ0n) is 7.61. The average Bonchev–Trinajstić information content (AvgIpc) is 2.86. The van der Waals surface area contributed by atoms with Crippen molar-refractivity contribution in [1.82, 2.24) is 4.90 Å². The Morgan fingerprint density at radius 3 is 2.75 bits per heavy atom. The fourth-order valence-electron chi connectivity index (χ4n) is 1.42. The van der Waals surface area contributed by atoms with Gasteiger partial charge in [-0.15, -0.1) is 0 Å². The molecule has 0 aromatic heterocycles. The van der Waals surface area contributed by atoms with Gasteiger partial charge in [-0.1, -0.05) is 12.0 Å². The molecular formula is C8H16N4. The molecule has 0 N–H and O–H groups in total. The summed E-state index contributed by atoms with van der Waals surface area (Å²) in [5, 5.41) is 3.54. The summed E-state index contributed by atoms with van der Waals surface area (Å²) in [6.45, 7) is 4.88. The van der Waals surface area contributed by atoms with E-state index in [-0.39, 0.29) is 0 Å². The minimum absolute atomic E-state index is 0.618. The van der Waals surface area contributed by atoms with E-state index in [1.807, 2.05) is 0 Å². The Kier molecular flexibility index (Phi) is 3.91. The van der Waals surface area contributed by atoms with Crippen LogP contribution in [0.25, 0.3) is 10.4 Å². The third kappa shape index (κ3) is 3.11. The summed E-state index contributed by atoms with van der Waals surface area (Å²) >= 11 is 0. The Morgan fingerprint density at radius 2 is 2.25 bits per heavy atom. The lowest BCUT2D eigenvalue weighted by atomic mass is 10.4. The van der Waals surface area contributed by atoms with Crippen LogP contribution in [0.15, 0.2) is 5.11 Å². The van der Waals surface area contributed by atoms with Gasteiger partial charge in [-0.2, -0.15) is 0 Å². The summed E-state index contributed by atoms with van der Waals surface area (Å²) in [7, 11) is 0. The molecule has 1 aliphatic carbocycles. The molecule has 0 saturated heterocycles. The van der Waals surface area contributed by atoms with Gasteiger partial charge in [0.15, 0.2) is 0 Å². The molecule has 4 heteroatoms. The molecule has 0 heterocycles. The van der Waals surface area contributed by atoms with Crippen LogP contribution in [0.4, 0.5) is 0 Å². The van der Waals surface area contributed by atoms with Gasteiger partial charge < -0.3 is 4.90 Å². The van der Waals surface area contributed by atoms with E-state index in [1.54, 1.807) is 0 Å². The fourth-order valence-corrected chi connectivity index (χ4v) is 1.42. The largest absolute Gasteiger partial charge is 0.300 e. The van der Waals surface area contributed by atoms with Crippen LogP contribution in [-0.2, 0) is 0 Å². The highest BCUT2D eigenvalue weighted by Gasteiger charge is 2.27. The predicted octanol–water partition coefficient (Wildman–Crippen LogP) is 2.17. The number of hydrogen-bond donors (Lipinski definition) is 0. The van der Waals surface area contributed by atoms with Crippen molar-refractivity contribution >= 4 is 0 Å². The lowest BCUT2D eigenvalue weighted by Crippen LogP contribution is -2.29.